The Morgan fingerprint density at radius 2 is 1.37 bits per heavy atom. The van der Waals surface area contributed by atoms with Crippen molar-refractivity contribution in [3.05, 3.63) is 53.6 Å². The predicted molar refractivity (Wildman–Crippen MR) is 104 cm³/mol. The smallest absolute Gasteiger partial charge is 0.337 e. The number of hydrogen-bond acceptors (Lipinski definition) is 9. The molecule has 1 heterocycles. The average Bonchev–Trinajstić information content (AvgIpc) is 2.73. The minimum atomic E-state index is -1.71. The van der Waals surface area contributed by atoms with Crippen LogP contribution in [-0.2, 0) is 14.3 Å². The minimum absolute atomic E-state index is 0. The molecule has 14 heteroatoms. The predicted octanol–water partition coefficient (Wildman–Crippen LogP) is 0.628. The standard InChI is InChI=1S/C21H22O9.5Ac/c1-28-20(27)19-17(25)16(24)18(26)21(30-19)29-15-9-12(8-14(23)10-15)3-2-11-4-6-13(22)7-5-11;;;;;/h2-10,16-19,21-26H,1H3;;;;;/b3-2+;;;;;/t16-,17-,18+,19-,21?;;;;;/m0...../s1. The van der Waals surface area contributed by atoms with Crippen LogP contribution in [0.5, 0.6) is 17.2 Å². The van der Waals surface area contributed by atoms with Crippen LogP contribution >= 0.6 is 0 Å². The first-order valence-corrected chi connectivity index (χ1v) is 9.04. The van der Waals surface area contributed by atoms with Crippen molar-refractivity contribution < 1.29 is 265 Å². The average molecular weight is 1550 g/mol. The zero-order valence-corrected chi connectivity index (χ0v) is 42.6. The summed E-state index contributed by atoms with van der Waals surface area (Å²) in [5.41, 5.74) is 1.36. The van der Waals surface area contributed by atoms with Crippen LogP contribution in [0.1, 0.15) is 11.1 Å². The molecule has 3 rings (SSSR count). The van der Waals surface area contributed by atoms with Gasteiger partial charge in [0.15, 0.2) is 6.10 Å². The van der Waals surface area contributed by atoms with E-state index < -0.39 is 36.7 Å². The van der Waals surface area contributed by atoms with Gasteiger partial charge in [0.05, 0.1) is 7.11 Å². The zero-order valence-electron chi connectivity index (χ0n) is 18.8. The van der Waals surface area contributed by atoms with E-state index in [9.17, 15) is 30.3 Å². The molecule has 1 unspecified atom stereocenters. The number of benzene rings is 2. The van der Waals surface area contributed by atoms with Gasteiger partial charge in [0, 0.05) is 226 Å². The van der Waals surface area contributed by atoms with Gasteiger partial charge < -0.3 is 39.7 Å². The van der Waals surface area contributed by atoms with Gasteiger partial charge in [-0.2, -0.15) is 0 Å². The van der Waals surface area contributed by atoms with Crippen molar-refractivity contribution in [2.45, 2.75) is 30.7 Å². The Labute approximate surface area is 382 Å². The summed E-state index contributed by atoms with van der Waals surface area (Å²) in [4.78, 5) is 11.8. The number of rotatable bonds is 5. The molecule has 1 fully saturated rings. The molecule has 0 aromatic heterocycles. The number of phenolic OH excluding ortho intramolecular Hbond substituents is 2. The fourth-order valence-corrected chi connectivity index (χ4v) is 2.94. The Morgan fingerprint density at radius 1 is 0.800 bits per heavy atom. The summed E-state index contributed by atoms with van der Waals surface area (Å²) in [5, 5.41) is 49.4. The van der Waals surface area contributed by atoms with Gasteiger partial charge in [-0.25, -0.2) is 4.79 Å². The summed E-state index contributed by atoms with van der Waals surface area (Å²) >= 11 is 0. The van der Waals surface area contributed by atoms with E-state index in [-0.39, 0.29) is 238 Å². The second kappa shape index (κ2) is 21.8. The summed E-state index contributed by atoms with van der Waals surface area (Å²) < 4.78 is 15.3. The van der Waals surface area contributed by atoms with E-state index in [1.54, 1.807) is 24.3 Å². The van der Waals surface area contributed by atoms with Crippen LogP contribution in [0.4, 0.5) is 0 Å². The van der Waals surface area contributed by atoms with Gasteiger partial charge in [-0.3, -0.25) is 0 Å². The monoisotopic (exact) mass is 1550 g/mol. The Morgan fingerprint density at radius 3 is 1.94 bits per heavy atom. The van der Waals surface area contributed by atoms with Gasteiger partial charge in [0.2, 0.25) is 6.29 Å². The minimum Gasteiger partial charge on any atom is -0.508 e. The molecule has 0 bridgehead atoms. The first kappa shape index (κ1) is 43.6. The Kier molecular flexibility index (Phi) is 27.1. The summed E-state index contributed by atoms with van der Waals surface area (Å²) in [6.45, 7) is 0. The number of esters is 1. The van der Waals surface area contributed by atoms with Crippen molar-refractivity contribution in [2.24, 2.45) is 0 Å². The molecule has 5 N–H and O–H groups in total. The quantitative estimate of drug-likeness (QED) is 0.215. The second-order valence-corrected chi connectivity index (χ2v) is 6.72. The van der Waals surface area contributed by atoms with Gasteiger partial charge in [-0.1, -0.05) is 24.3 Å². The molecule has 0 saturated carbocycles. The molecule has 2 aromatic carbocycles. The largest absolute Gasteiger partial charge is 0.508 e. The van der Waals surface area contributed by atoms with Gasteiger partial charge in [-0.05, 0) is 35.4 Å². The number of aromatic hydroxyl groups is 2. The zero-order chi connectivity index (χ0) is 21.8. The third-order valence-electron chi connectivity index (χ3n) is 4.53. The summed E-state index contributed by atoms with van der Waals surface area (Å²) in [7, 11) is 1.09. The molecule has 175 valence electrons. The number of phenols is 2. The molecule has 5 atom stereocenters. The molecular weight excluding hydrogens is 1530 g/mol. The summed E-state index contributed by atoms with van der Waals surface area (Å²) in [6, 6.07) is 10.8. The van der Waals surface area contributed by atoms with Crippen molar-refractivity contribution >= 4 is 18.1 Å². The molecule has 1 aliphatic rings. The van der Waals surface area contributed by atoms with E-state index in [1.165, 1.54) is 30.3 Å². The molecule has 0 aliphatic carbocycles. The van der Waals surface area contributed by atoms with Crippen molar-refractivity contribution in [1.82, 2.24) is 0 Å². The number of hydrogen-bond donors (Lipinski definition) is 5. The van der Waals surface area contributed by atoms with Gasteiger partial charge in [0.1, 0.15) is 35.6 Å². The molecule has 1 saturated heterocycles. The number of carbonyl (C=O) groups excluding carboxylic acids is 1. The van der Waals surface area contributed by atoms with Crippen LogP contribution in [0.15, 0.2) is 42.5 Å². The van der Waals surface area contributed by atoms with Crippen LogP contribution < -0.4 is 4.74 Å². The van der Waals surface area contributed by atoms with Crippen molar-refractivity contribution in [2.75, 3.05) is 7.11 Å². The SMILES string of the molecule is COC(=O)[C@H]1OC(Oc2cc(O)cc(/C=C/c3ccc(O)cc3)c2)[C@H](O)[C@@H](O)[C@@H]1O.[Ac].[Ac].[Ac].[Ac].[Ac]. The Hall–Kier alpha value is 4.10. The first-order valence-electron chi connectivity index (χ1n) is 9.04. The van der Waals surface area contributed by atoms with Crippen molar-refractivity contribution in [3.63, 3.8) is 0 Å². The first-order chi connectivity index (χ1) is 14.3. The van der Waals surface area contributed by atoms with Gasteiger partial charge in [0.25, 0.3) is 0 Å². The second-order valence-electron chi connectivity index (χ2n) is 6.72. The molecular formula is C21H22Ac5O9. The maximum absolute atomic E-state index is 11.8. The number of carbonyl (C=O) groups is 1. The maximum Gasteiger partial charge on any atom is 0.337 e. The van der Waals surface area contributed by atoms with Crippen LogP contribution in [-0.4, -0.2) is 69.3 Å². The van der Waals surface area contributed by atoms with Crippen molar-refractivity contribution in [1.29, 1.82) is 0 Å². The Bertz CT molecular complexity index is 930. The van der Waals surface area contributed by atoms with E-state index in [0.29, 0.717) is 5.56 Å². The number of methoxy groups -OCH3 is 1. The fourth-order valence-electron chi connectivity index (χ4n) is 2.94. The maximum atomic E-state index is 11.8. The van der Waals surface area contributed by atoms with Gasteiger partial charge >= 0.3 is 5.97 Å². The van der Waals surface area contributed by atoms with E-state index in [1.807, 2.05) is 0 Å². The van der Waals surface area contributed by atoms with E-state index in [2.05, 4.69) is 4.74 Å². The number of aliphatic hydroxyl groups excluding tert-OH is 3. The number of ether oxygens (including phenoxy) is 3. The molecule has 0 spiro atoms. The molecule has 9 nitrogen and oxygen atoms in total. The molecule has 5 radical (unpaired) electrons. The normalized spacial score (nSPS) is 22.7. The van der Waals surface area contributed by atoms with E-state index >= 15 is 0 Å². The Balaban J connectivity index is -0.00000205. The molecule has 35 heavy (non-hydrogen) atoms. The van der Waals surface area contributed by atoms with Crippen LogP contribution in [0.2, 0.25) is 0 Å². The van der Waals surface area contributed by atoms with E-state index in [0.717, 1.165) is 12.7 Å². The number of aliphatic hydroxyl groups is 3. The van der Waals surface area contributed by atoms with Crippen LogP contribution in [0.25, 0.3) is 12.2 Å². The third-order valence-corrected chi connectivity index (χ3v) is 4.53. The summed E-state index contributed by atoms with van der Waals surface area (Å²) in [5.74, 6) is -0.829. The fraction of sp³-hybridized carbons (Fsp3) is 0.286. The van der Waals surface area contributed by atoms with Crippen LogP contribution in [0.3, 0.4) is 0 Å². The molecule has 2 aromatic rings. The van der Waals surface area contributed by atoms with E-state index in [4.69, 9.17) is 9.47 Å². The third kappa shape index (κ3) is 13.3. The molecule has 0 amide bonds. The van der Waals surface area contributed by atoms with Crippen molar-refractivity contribution in [3.8, 4) is 17.2 Å². The topological polar surface area (TPSA) is 146 Å². The van der Waals surface area contributed by atoms with Crippen LogP contribution in [0, 0.1) is 220 Å². The molecule has 1 aliphatic heterocycles. The summed E-state index contributed by atoms with van der Waals surface area (Å²) in [6.07, 6.45) is -4.67. The van der Waals surface area contributed by atoms with Gasteiger partial charge in [-0.15, -0.1) is 0 Å².